The van der Waals surface area contributed by atoms with Crippen LogP contribution in [0.4, 0.5) is 0 Å². The molecule has 2 fully saturated rings. The highest BCUT2D eigenvalue weighted by molar-refractivity contribution is 7.99. The number of likely N-dealkylation sites (tertiary alicyclic amines) is 1. The molecule has 1 unspecified atom stereocenters. The lowest BCUT2D eigenvalue weighted by Crippen LogP contribution is -2.48. The summed E-state index contributed by atoms with van der Waals surface area (Å²) in [4.78, 5) is 28.3. The minimum absolute atomic E-state index is 0.0667. The largest absolute Gasteiger partial charge is 0.332 e. The van der Waals surface area contributed by atoms with E-state index in [-0.39, 0.29) is 17.5 Å². The number of nitrogens with zero attached hydrogens (tertiary/aromatic N) is 3. The molecular formula is C15H22N4O2S. The Morgan fingerprint density at radius 3 is 2.82 bits per heavy atom. The fraction of sp³-hybridized carbons (Fsp3) is 0.667. The molecule has 2 aliphatic heterocycles. The van der Waals surface area contributed by atoms with Crippen LogP contribution in [0.25, 0.3) is 0 Å². The van der Waals surface area contributed by atoms with Crippen molar-refractivity contribution in [3.8, 4) is 0 Å². The van der Waals surface area contributed by atoms with Gasteiger partial charge in [0, 0.05) is 24.9 Å². The molecule has 3 heterocycles. The van der Waals surface area contributed by atoms with Gasteiger partial charge in [0.25, 0.3) is 11.5 Å². The Bertz CT molecular complexity index is 550. The average Bonchev–Trinajstić information content (AvgIpc) is 2.92. The van der Waals surface area contributed by atoms with Crippen LogP contribution in [0.3, 0.4) is 0 Å². The second kappa shape index (κ2) is 7.28. The summed E-state index contributed by atoms with van der Waals surface area (Å²) in [5.41, 5.74) is 0.0505. The molecule has 0 aliphatic carbocycles. The molecule has 1 aromatic rings. The van der Waals surface area contributed by atoms with Crippen LogP contribution in [0.15, 0.2) is 16.9 Å². The SMILES string of the molecule is O=C(c1ccc(=O)[nH]n1)N1CCCSCC1CN1CCCC1. The number of rotatable bonds is 3. The summed E-state index contributed by atoms with van der Waals surface area (Å²) < 4.78 is 0. The van der Waals surface area contributed by atoms with Gasteiger partial charge in [0.15, 0.2) is 0 Å². The lowest BCUT2D eigenvalue weighted by molar-refractivity contribution is 0.0659. The third-order valence-corrected chi connectivity index (χ3v) is 5.46. The van der Waals surface area contributed by atoms with Gasteiger partial charge < -0.3 is 9.80 Å². The number of hydrogen-bond donors (Lipinski definition) is 1. The zero-order valence-electron chi connectivity index (χ0n) is 12.7. The Kier molecular flexibility index (Phi) is 5.15. The first-order valence-corrected chi connectivity index (χ1v) is 9.06. The van der Waals surface area contributed by atoms with Crippen LogP contribution < -0.4 is 5.56 Å². The standard InChI is InChI=1S/C15H22N4O2S/c20-14-5-4-13(16-17-14)15(21)19-8-3-9-22-11-12(19)10-18-6-1-2-7-18/h4-5,12H,1-3,6-11H2,(H,17,20). The molecule has 0 bridgehead atoms. The molecule has 3 rings (SSSR count). The van der Waals surface area contributed by atoms with Crippen molar-refractivity contribution in [3.05, 3.63) is 28.2 Å². The molecule has 1 atom stereocenters. The van der Waals surface area contributed by atoms with Gasteiger partial charge in [-0.1, -0.05) is 0 Å². The van der Waals surface area contributed by atoms with Crippen LogP contribution in [0, 0.1) is 0 Å². The number of nitrogens with one attached hydrogen (secondary N) is 1. The third kappa shape index (κ3) is 3.70. The monoisotopic (exact) mass is 322 g/mol. The summed E-state index contributed by atoms with van der Waals surface area (Å²) in [6, 6.07) is 3.11. The lowest BCUT2D eigenvalue weighted by atomic mass is 10.2. The summed E-state index contributed by atoms with van der Waals surface area (Å²) in [7, 11) is 0. The molecule has 6 nitrogen and oxygen atoms in total. The zero-order valence-corrected chi connectivity index (χ0v) is 13.5. The maximum atomic E-state index is 12.8. The van der Waals surface area contributed by atoms with Crippen molar-refractivity contribution in [2.24, 2.45) is 0 Å². The smallest absolute Gasteiger partial charge is 0.274 e. The molecule has 1 N–H and O–H groups in total. The van der Waals surface area contributed by atoms with E-state index in [9.17, 15) is 9.59 Å². The molecule has 22 heavy (non-hydrogen) atoms. The number of thioether (sulfide) groups is 1. The number of hydrogen-bond acceptors (Lipinski definition) is 5. The summed E-state index contributed by atoms with van der Waals surface area (Å²) in [5.74, 6) is 2.01. The number of carbonyl (C=O) groups is 1. The van der Waals surface area contributed by atoms with Gasteiger partial charge in [0.2, 0.25) is 0 Å². The van der Waals surface area contributed by atoms with Crippen molar-refractivity contribution >= 4 is 17.7 Å². The molecular weight excluding hydrogens is 300 g/mol. The Hall–Kier alpha value is -1.34. The third-order valence-electron chi connectivity index (χ3n) is 4.27. The van der Waals surface area contributed by atoms with Crippen molar-refractivity contribution in [2.75, 3.05) is 37.7 Å². The Labute approximate surface area is 134 Å². The number of aromatic amines is 1. The summed E-state index contributed by atoms with van der Waals surface area (Å²) >= 11 is 1.93. The normalized spacial score (nSPS) is 23.5. The maximum absolute atomic E-state index is 12.8. The maximum Gasteiger partial charge on any atom is 0.274 e. The number of aromatic nitrogens is 2. The first kappa shape index (κ1) is 15.6. The van der Waals surface area contributed by atoms with E-state index >= 15 is 0 Å². The molecule has 120 valence electrons. The molecule has 0 saturated carbocycles. The number of amides is 1. The van der Waals surface area contributed by atoms with E-state index in [1.807, 2.05) is 16.7 Å². The van der Waals surface area contributed by atoms with Gasteiger partial charge in [-0.25, -0.2) is 5.10 Å². The molecule has 1 aromatic heterocycles. The second-order valence-corrected chi connectivity index (χ2v) is 7.04. The van der Waals surface area contributed by atoms with Crippen LogP contribution in [-0.2, 0) is 0 Å². The predicted octanol–water partition coefficient (Wildman–Crippen LogP) is 0.813. The van der Waals surface area contributed by atoms with Crippen LogP contribution in [-0.4, -0.2) is 69.6 Å². The van der Waals surface area contributed by atoms with Gasteiger partial charge in [-0.15, -0.1) is 0 Å². The molecule has 7 heteroatoms. The van der Waals surface area contributed by atoms with Crippen LogP contribution in [0.5, 0.6) is 0 Å². The van der Waals surface area contributed by atoms with E-state index in [4.69, 9.17) is 0 Å². The number of H-pyrrole nitrogens is 1. The van der Waals surface area contributed by atoms with Gasteiger partial charge in [-0.2, -0.15) is 16.9 Å². The predicted molar refractivity (Wildman–Crippen MR) is 87.3 cm³/mol. The topological polar surface area (TPSA) is 69.3 Å². The van der Waals surface area contributed by atoms with E-state index in [0.717, 1.165) is 44.1 Å². The summed E-state index contributed by atoms with van der Waals surface area (Å²) in [6.45, 7) is 3.99. The minimum atomic E-state index is -0.281. The van der Waals surface area contributed by atoms with Gasteiger partial charge in [0.05, 0.1) is 6.04 Å². The first-order chi connectivity index (χ1) is 10.7. The van der Waals surface area contributed by atoms with Gasteiger partial charge >= 0.3 is 0 Å². The summed E-state index contributed by atoms with van der Waals surface area (Å²) in [6.07, 6.45) is 3.53. The van der Waals surface area contributed by atoms with Crippen molar-refractivity contribution < 1.29 is 4.79 Å². The Morgan fingerprint density at radius 2 is 2.09 bits per heavy atom. The second-order valence-electron chi connectivity index (χ2n) is 5.89. The van der Waals surface area contributed by atoms with Gasteiger partial charge in [-0.05, 0) is 44.2 Å². The van der Waals surface area contributed by atoms with Gasteiger partial charge in [-0.3, -0.25) is 9.59 Å². The molecule has 2 aliphatic rings. The van der Waals surface area contributed by atoms with Crippen LogP contribution in [0.1, 0.15) is 29.8 Å². The summed E-state index contributed by atoms with van der Waals surface area (Å²) in [5, 5.41) is 6.26. The van der Waals surface area contributed by atoms with Crippen molar-refractivity contribution in [3.63, 3.8) is 0 Å². The average molecular weight is 322 g/mol. The highest BCUT2D eigenvalue weighted by Crippen LogP contribution is 2.20. The van der Waals surface area contributed by atoms with Crippen molar-refractivity contribution in [1.82, 2.24) is 20.0 Å². The highest BCUT2D eigenvalue weighted by Gasteiger charge is 2.29. The van der Waals surface area contributed by atoms with E-state index in [1.165, 1.54) is 25.0 Å². The van der Waals surface area contributed by atoms with Crippen LogP contribution >= 0.6 is 11.8 Å². The molecule has 0 spiro atoms. The van der Waals surface area contributed by atoms with E-state index in [0.29, 0.717) is 5.69 Å². The zero-order chi connectivity index (χ0) is 15.4. The highest BCUT2D eigenvalue weighted by atomic mass is 32.2. The fourth-order valence-corrected chi connectivity index (χ4v) is 4.18. The molecule has 0 radical (unpaired) electrons. The Balaban J connectivity index is 1.75. The molecule has 1 amide bonds. The molecule has 2 saturated heterocycles. The first-order valence-electron chi connectivity index (χ1n) is 7.91. The van der Waals surface area contributed by atoms with E-state index < -0.39 is 0 Å². The lowest BCUT2D eigenvalue weighted by Gasteiger charge is -2.32. The van der Waals surface area contributed by atoms with Crippen LogP contribution in [0.2, 0.25) is 0 Å². The minimum Gasteiger partial charge on any atom is -0.332 e. The Morgan fingerprint density at radius 1 is 1.27 bits per heavy atom. The van der Waals surface area contributed by atoms with Gasteiger partial charge in [0.1, 0.15) is 5.69 Å². The fourth-order valence-electron chi connectivity index (χ4n) is 3.12. The molecule has 0 aromatic carbocycles. The van der Waals surface area contributed by atoms with E-state index in [2.05, 4.69) is 15.1 Å². The quantitative estimate of drug-likeness (QED) is 0.892. The van der Waals surface area contributed by atoms with Crippen molar-refractivity contribution in [2.45, 2.75) is 25.3 Å². The number of carbonyl (C=O) groups excluding carboxylic acids is 1. The van der Waals surface area contributed by atoms with Crippen molar-refractivity contribution in [1.29, 1.82) is 0 Å². The van der Waals surface area contributed by atoms with E-state index in [1.54, 1.807) is 0 Å².